The van der Waals surface area contributed by atoms with Crippen molar-refractivity contribution in [1.82, 2.24) is 48.9 Å². The van der Waals surface area contributed by atoms with Gasteiger partial charge in [-0.2, -0.15) is 10.2 Å². The number of methoxy groups -OCH3 is 1. The molecule has 6 heterocycles. The molecule has 2 aromatic carbocycles. The van der Waals surface area contributed by atoms with Gasteiger partial charge in [-0.3, -0.25) is 44.1 Å². The third kappa shape index (κ3) is 8.76. The minimum absolute atomic E-state index is 0.129. The van der Waals surface area contributed by atoms with Crippen LogP contribution in [-0.4, -0.2) is 126 Å². The molecule has 8 rings (SSSR count). The van der Waals surface area contributed by atoms with Crippen molar-refractivity contribution in [3.05, 3.63) is 83.0 Å². The maximum Gasteiger partial charge on any atom is 0.276 e. The smallest absolute Gasteiger partial charge is 0.276 e. The Morgan fingerprint density at radius 3 is 2.05 bits per heavy atom. The molecule has 336 valence electrons. The van der Waals surface area contributed by atoms with Crippen LogP contribution in [0.5, 0.6) is 11.5 Å². The molecule has 64 heavy (non-hydrogen) atoms. The number of morpholine rings is 1. The number of likely N-dealkylation sites (tertiary alicyclic amines) is 1. The molecule has 2 aliphatic heterocycles. The van der Waals surface area contributed by atoms with E-state index in [9.17, 15) is 19.2 Å². The SMILES string of the molecule is CCn1nc(C)cc1C(=O)Nc1nc2cc(C(N)=O)cc(OC)c2n1C/C=C/Cn1c(NC(=O)c2ccnn2CC)nc2cc(C(N)=O)cc(OCCCN3CC4(CNCCO4)C3)c21. The number of nitrogens with one attached hydrogen (secondary N) is 3. The Balaban J connectivity index is 1.11. The highest BCUT2D eigenvalue weighted by molar-refractivity contribution is 6.05. The first-order chi connectivity index (χ1) is 30.9. The number of aromatic nitrogens is 8. The van der Waals surface area contributed by atoms with Crippen molar-refractivity contribution in [1.29, 1.82) is 0 Å². The summed E-state index contributed by atoms with van der Waals surface area (Å²) in [6, 6.07) is 9.53. The van der Waals surface area contributed by atoms with Crippen molar-refractivity contribution in [2.75, 3.05) is 63.7 Å². The van der Waals surface area contributed by atoms with Gasteiger partial charge in [0.1, 0.15) is 39.5 Å². The summed E-state index contributed by atoms with van der Waals surface area (Å²) in [5.74, 6) is -1.13. The van der Waals surface area contributed by atoms with Crippen LogP contribution in [0.4, 0.5) is 11.9 Å². The van der Waals surface area contributed by atoms with E-state index in [1.807, 2.05) is 26.0 Å². The number of aryl methyl sites for hydroxylation is 3. The first-order valence-electron chi connectivity index (χ1n) is 21.2. The Bertz CT molecular complexity index is 2770. The summed E-state index contributed by atoms with van der Waals surface area (Å²) in [5, 5.41) is 17.9. The summed E-state index contributed by atoms with van der Waals surface area (Å²) in [4.78, 5) is 64.0. The zero-order valence-corrected chi connectivity index (χ0v) is 36.2. The quantitative estimate of drug-likeness (QED) is 0.0615. The van der Waals surface area contributed by atoms with Crippen LogP contribution >= 0.6 is 0 Å². The summed E-state index contributed by atoms with van der Waals surface area (Å²) in [6.07, 6.45) is 5.96. The average molecular weight is 877 g/mol. The summed E-state index contributed by atoms with van der Waals surface area (Å²) < 4.78 is 24.9. The number of primary amides is 2. The molecule has 0 radical (unpaired) electrons. The molecule has 21 heteroatoms. The Morgan fingerprint density at radius 1 is 0.859 bits per heavy atom. The first kappa shape index (κ1) is 43.5. The van der Waals surface area contributed by atoms with E-state index in [0.29, 0.717) is 83.4 Å². The number of amides is 4. The molecule has 4 aromatic heterocycles. The topological polar surface area (TPSA) is 259 Å². The molecule has 0 bridgehead atoms. The number of benzene rings is 2. The number of anilines is 2. The Morgan fingerprint density at radius 2 is 1.47 bits per heavy atom. The molecule has 4 amide bonds. The Labute approximate surface area is 367 Å². The van der Waals surface area contributed by atoms with Crippen LogP contribution < -0.4 is 36.9 Å². The fourth-order valence-corrected chi connectivity index (χ4v) is 8.30. The Hall–Kier alpha value is -7.10. The van der Waals surface area contributed by atoms with Gasteiger partial charge in [0.15, 0.2) is 0 Å². The molecular formula is C43H52N14O7. The van der Waals surface area contributed by atoms with Crippen molar-refractivity contribution in [3.63, 3.8) is 0 Å². The van der Waals surface area contributed by atoms with E-state index in [0.717, 1.165) is 32.7 Å². The second kappa shape index (κ2) is 18.3. The van der Waals surface area contributed by atoms with Crippen LogP contribution in [0.15, 0.2) is 54.7 Å². The van der Waals surface area contributed by atoms with Gasteiger partial charge in [-0.05, 0) is 63.6 Å². The van der Waals surface area contributed by atoms with Gasteiger partial charge >= 0.3 is 0 Å². The number of hydrogen-bond acceptors (Lipinski definition) is 13. The third-order valence-corrected chi connectivity index (χ3v) is 11.3. The van der Waals surface area contributed by atoms with Crippen LogP contribution in [0.2, 0.25) is 0 Å². The molecule has 0 saturated carbocycles. The molecule has 2 aliphatic rings. The summed E-state index contributed by atoms with van der Waals surface area (Å²) in [7, 11) is 1.47. The molecule has 7 N–H and O–H groups in total. The van der Waals surface area contributed by atoms with Gasteiger partial charge in [0.25, 0.3) is 11.8 Å². The van der Waals surface area contributed by atoms with Crippen LogP contribution in [0.25, 0.3) is 22.1 Å². The number of hydrogen-bond donors (Lipinski definition) is 5. The molecule has 2 fully saturated rings. The number of carbonyl (C=O) groups excluding carboxylic acids is 4. The molecule has 21 nitrogen and oxygen atoms in total. The lowest BCUT2D eigenvalue weighted by Crippen LogP contribution is -2.69. The number of fused-ring (bicyclic) bond motifs is 2. The predicted molar refractivity (Wildman–Crippen MR) is 237 cm³/mol. The maximum absolute atomic E-state index is 13.7. The lowest BCUT2D eigenvalue weighted by atomic mass is 9.92. The lowest BCUT2D eigenvalue weighted by molar-refractivity contribution is -0.156. The van der Waals surface area contributed by atoms with Crippen LogP contribution in [0.1, 0.15) is 67.7 Å². The van der Waals surface area contributed by atoms with Gasteiger partial charge in [0.2, 0.25) is 23.7 Å². The van der Waals surface area contributed by atoms with E-state index >= 15 is 0 Å². The number of nitrogens with two attached hydrogens (primary N) is 2. The van der Waals surface area contributed by atoms with Crippen molar-refractivity contribution in [2.24, 2.45) is 11.5 Å². The lowest BCUT2D eigenvalue weighted by Gasteiger charge is -2.51. The molecule has 6 aromatic rings. The van der Waals surface area contributed by atoms with Crippen LogP contribution in [0.3, 0.4) is 0 Å². The molecule has 2 saturated heterocycles. The highest BCUT2D eigenvalue weighted by Crippen LogP contribution is 2.33. The number of nitrogens with zero attached hydrogens (tertiary/aromatic N) is 9. The van der Waals surface area contributed by atoms with Gasteiger partial charge in [-0.15, -0.1) is 0 Å². The van der Waals surface area contributed by atoms with Crippen molar-refractivity contribution in [3.8, 4) is 11.5 Å². The Kier molecular flexibility index (Phi) is 12.5. The first-order valence-corrected chi connectivity index (χ1v) is 21.2. The number of carbonyl (C=O) groups is 4. The fourth-order valence-electron chi connectivity index (χ4n) is 8.30. The van der Waals surface area contributed by atoms with Gasteiger partial charge in [-0.25, -0.2) is 9.97 Å². The highest BCUT2D eigenvalue weighted by Gasteiger charge is 2.44. The number of ether oxygens (including phenoxy) is 3. The molecule has 0 aliphatic carbocycles. The minimum Gasteiger partial charge on any atom is -0.494 e. The van der Waals surface area contributed by atoms with E-state index in [1.54, 1.807) is 55.9 Å². The third-order valence-electron chi connectivity index (χ3n) is 11.3. The van der Waals surface area contributed by atoms with Gasteiger partial charge < -0.3 is 40.1 Å². The molecule has 0 atom stereocenters. The van der Waals surface area contributed by atoms with E-state index in [-0.39, 0.29) is 41.7 Å². The van der Waals surface area contributed by atoms with E-state index in [1.165, 1.54) is 19.2 Å². The van der Waals surface area contributed by atoms with E-state index in [2.05, 4.69) is 31.0 Å². The fraction of sp³-hybridized carbons (Fsp3) is 0.395. The molecule has 1 spiro atoms. The van der Waals surface area contributed by atoms with Crippen molar-refractivity contribution >= 4 is 57.6 Å². The zero-order valence-electron chi connectivity index (χ0n) is 36.2. The van der Waals surface area contributed by atoms with Crippen molar-refractivity contribution < 1.29 is 33.4 Å². The predicted octanol–water partition coefficient (Wildman–Crippen LogP) is 2.54. The summed E-state index contributed by atoms with van der Waals surface area (Å²) >= 11 is 0. The zero-order chi connectivity index (χ0) is 45.1. The standard InChI is InChI=1S/C43H52N14O7/c1-5-56-31(10-11-47-56)39(60)50-41-49-30-20-28(38(45)59)22-34(63-16-9-13-53-24-43(25-53)23-46-12-17-64-43)36(30)55(41)15-8-7-14-54-35-29(19-27(37(44)58)21-33(35)62-4)48-42(54)51-40(61)32-18-26(3)52-57(32)6-2/h7-8,10-11,18-22,46H,5-6,9,12-17,23-25H2,1-4H3,(H2,44,58)(H2,45,59)(H,48,51,61)(H,49,50,60)/b8-7+. The van der Waals surface area contributed by atoms with Gasteiger partial charge in [0.05, 0.1) is 37.1 Å². The van der Waals surface area contributed by atoms with Gasteiger partial charge in [-0.1, -0.05) is 12.2 Å². The summed E-state index contributed by atoms with van der Waals surface area (Å²) in [6.45, 7) is 12.1. The van der Waals surface area contributed by atoms with Crippen LogP contribution in [-0.2, 0) is 30.9 Å². The second-order valence-electron chi connectivity index (χ2n) is 15.7. The van der Waals surface area contributed by atoms with E-state index < -0.39 is 23.6 Å². The number of imidazole rings is 2. The number of rotatable bonds is 18. The minimum atomic E-state index is -0.667. The van der Waals surface area contributed by atoms with Gasteiger partial charge in [0, 0.05) is 76.2 Å². The monoisotopic (exact) mass is 876 g/mol. The molecular weight excluding hydrogens is 825 g/mol. The number of allylic oxidation sites excluding steroid dienone is 2. The normalized spacial score (nSPS) is 14.9. The summed E-state index contributed by atoms with van der Waals surface area (Å²) in [5.41, 5.74) is 14.8. The maximum atomic E-state index is 13.7. The average Bonchev–Trinajstić information content (AvgIpc) is 4.07. The molecule has 0 unspecified atom stereocenters. The van der Waals surface area contributed by atoms with E-state index in [4.69, 9.17) is 35.6 Å². The second-order valence-corrected chi connectivity index (χ2v) is 15.7. The van der Waals surface area contributed by atoms with Crippen LogP contribution in [0, 0.1) is 6.92 Å². The largest absolute Gasteiger partial charge is 0.494 e. The highest BCUT2D eigenvalue weighted by atomic mass is 16.5. The van der Waals surface area contributed by atoms with Crippen molar-refractivity contribution in [2.45, 2.75) is 59.0 Å².